The first-order chi connectivity index (χ1) is 7.29. The number of hydrogen-bond donors (Lipinski definition) is 1. The Morgan fingerprint density at radius 3 is 2.19 bits per heavy atom. The summed E-state index contributed by atoms with van der Waals surface area (Å²) in [5.74, 6) is -2.24. The van der Waals surface area contributed by atoms with E-state index in [0.717, 1.165) is 11.6 Å². The molecule has 0 unspecified atom stereocenters. The number of aromatic nitrogens is 2. The van der Waals surface area contributed by atoms with Gasteiger partial charge in [0.1, 0.15) is 11.4 Å². The van der Waals surface area contributed by atoms with Gasteiger partial charge in [-0.25, -0.2) is 13.6 Å². The average molecular weight is 233 g/mol. The molecule has 1 heterocycles. The van der Waals surface area contributed by atoms with E-state index in [2.05, 4.69) is 0 Å². The second-order valence-corrected chi connectivity index (χ2v) is 3.13. The van der Waals surface area contributed by atoms with E-state index >= 15 is 0 Å². The molecule has 0 spiro atoms. The van der Waals surface area contributed by atoms with Gasteiger partial charge < -0.3 is 5.73 Å². The SMILES string of the molecule is Cn1c(N)c(C(=O)C(F)F)c(=O)n(C)c1=O. The lowest BCUT2D eigenvalue weighted by atomic mass is 10.2. The number of halogens is 2. The zero-order valence-corrected chi connectivity index (χ0v) is 8.53. The van der Waals surface area contributed by atoms with Crippen LogP contribution in [-0.4, -0.2) is 21.3 Å². The van der Waals surface area contributed by atoms with Gasteiger partial charge in [0, 0.05) is 14.1 Å². The second kappa shape index (κ2) is 3.87. The summed E-state index contributed by atoms with van der Waals surface area (Å²) in [5.41, 5.74) is 2.52. The van der Waals surface area contributed by atoms with Crippen LogP contribution < -0.4 is 17.0 Å². The zero-order valence-electron chi connectivity index (χ0n) is 8.53. The fourth-order valence-corrected chi connectivity index (χ4v) is 1.20. The number of rotatable bonds is 2. The molecular formula is C8H9F2N3O3. The predicted octanol–water partition coefficient (Wildman–Crippen LogP) is -0.886. The summed E-state index contributed by atoms with van der Waals surface area (Å²) in [7, 11) is 2.26. The van der Waals surface area contributed by atoms with Gasteiger partial charge in [-0.1, -0.05) is 0 Å². The highest BCUT2D eigenvalue weighted by Gasteiger charge is 2.26. The van der Waals surface area contributed by atoms with Crippen LogP contribution in [0.3, 0.4) is 0 Å². The first-order valence-corrected chi connectivity index (χ1v) is 4.17. The van der Waals surface area contributed by atoms with Gasteiger partial charge in [-0.2, -0.15) is 0 Å². The Morgan fingerprint density at radius 2 is 1.75 bits per heavy atom. The van der Waals surface area contributed by atoms with Crippen molar-refractivity contribution in [2.24, 2.45) is 14.1 Å². The third-order valence-electron chi connectivity index (χ3n) is 2.15. The van der Waals surface area contributed by atoms with E-state index in [0.29, 0.717) is 4.57 Å². The van der Waals surface area contributed by atoms with Crippen LogP contribution in [0.5, 0.6) is 0 Å². The molecule has 16 heavy (non-hydrogen) atoms. The molecule has 0 aliphatic heterocycles. The van der Waals surface area contributed by atoms with E-state index in [1.165, 1.54) is 7.05 Å². The van der Waals surface area contributed by atoms with Crippen molar-refractivity contribution in [1.82, 2.24) is 9.13 Å². The van der Waals surface area contributed by atoms with Crippen LogP contribution in [0.25, 0.3) is 0 Å². The topological polar surface area (TPSA) is 87.1 Å². The fraction of sp³-hybridized carbons (Fsp3) is 0.375. The molecule has 0 atom stereocenters. The largest absolute Gasteiger partial charge is 0.384 e. The lowest BCUT2D eigenvalue weighted by Crippen LogP contribution is -2.42. The Morgan fingerprint density at radius 1 is 1.25 bits per heavy atom. The van der Waals surface area contributed by atoms with E-state index in [9.17, 15) is 23.2 Å². The minimum absolute atomic E-state index is 0.548. The maximum atomic E-state index is 12.2. The van der Waals surface area contributed by atoms with E-state index in [1.807, 2.05) is 0 Å². The molecule has 0 saturated carbocycles. The van der Waals surface area contributed by atoms with E-state index < -0.39 is 34.8 Å². The summed E-state index contributed by atoms with van der Waals surface area (Å²) < 4.78 is 25.7. The molecule has 0 amide bonds. The molecule has 0 aliphatic carbocycles. The quantitative estimate of drug-likeness (QED) is 0.671. The van der Waals surface area contributed by atoms with Gasteiger partial charge in [-0.15, -0.1) is 0 Å². The van der Waals surface area contributed by atoms with E-state index in [1.54, 1.807) is 0 Å². The lowest BCUT2D eigenvalue weighted by molar-refractivity contribution is 0.0676. The third-order valence-corrected chi connectivity index (χ3v) is 2.15. The van der Waals surface area contributed by atoms with Crippen molar-refractivity contribution >= 4 is 11.6 Å². The van der Waals surface area contributed by atoms with Crippen LogP contribution in [0, 0.1) is 0 Å². The van der Waals surface area contributed by atoms with Gasteiger partial charge in [-0.05, 0) is 0 Å². The molecule has 0 radical (unpaired) electrons. The maximum absolute atomic E-state index is 12.2. The van der Waals surface area contributed by atoms with Crippen molar-refractivity contribution in [3.05, 3.63) is 26.4 Å². The van der Waals surface area contributed by atoms with Crippen molar-refractivity contribution in [2.45, 2.75) is 6.43 Å². The number of anilines is 1. The molecule has 0 aromatic carbocycles. The minimum atomic E-state index is -3.34. The maximum Gasteiger partial charge on any atom is 0.332 e. The molecule has 6 nitrogen and oxygen atoms in total. The first-order valence-electron chi connectivity index (χ1n) is 4.17. The van der Waals surface area contributed by atoms with Gasteiger partial charge in [0.25, 0.3) is 5.56 Å². The molecule has 0 saturated heterocycles. The fourth-order valence-electron chi connectivity index (χ4n) is 1.20. The van der Waals surface area contributed by atoms with Crippen LogP contribution in [0.15, 0.2) is 9.59 Å². The number of ketones is 1. The number of Topliss-reactive ketones (excluding diaryl/α,β-unsaturated/α-hetero) is 1. The van der Waals surface area contributed by atoms with Crippen LogP contribution in [0.2, 0.25) is 0 Å². The summed E-state index contributed by atoms with van der Waals surface area (Å²) in [5, 5.41) is 0. The molecule has 1 aromatic heterocycles. The number of alkyl halides is 2. The summed E-state index contributed by atoms with van der Waals surface area (Å²) in [6, 6.07) is 0. The van der Waals surface area contributed by atoms with Crippen molar-refractivity contribution in [3.63, 3.8) is 0 Å². The summed E-state index contributed by atoms with van der Waals surface area (Å²) >= 11 is 0. The lowest BCUT2D eigenvalue weighted by Gasteiger charge is -2.09. The molecule has 2 N–H and O–H groups in total. The van der Waals surface area contributed by atoms with Gasteiger partial charge in [-0.3, -0.25) is 18.7 Å². The highest BCUT2D eigenvalue weighted by Crippen LogP contribution is 2.09. The zero-order chi connectivity index (χ0) is 12.6. The Bertz CT molecular complexity index is 559. The van der Waals surface area contributed by atoms with Gasteiger partial charge >= 0.3 is 12.1 Å². The van der Waals surface area contributed by atoms with Crippen LogP contribution in [-0.2, 0) is 14.1 Å². The minimum Gasteiger partial charge on any atom is -0.384 e. The van der Waals surface area contributed by atoms with Crippen molar-refractivity contribution in [1.29, 1.82) is 0 Å². The number of carbonyl (C=O) groups is 1. The van der Waals surface area contributed by atoms with Crippen LogP contribution >= 0.6 is 0 Å². The Hall–Kier alpha value is -1.99. The first kappa shape index (κ1) is 12.1. The van der Waals surface area contributed by atoms with Crippen molar-refractivity contribution < 1.29 is 13.6 Å². The van der Waals surface area contributed by atoms with E-state index in [4.69, 9.17) is 5.73 Å². The summed E-state index contributed by atoms with van der Waals surface area (Å²) in [6.07, 6.45) is -3.34. The molecule has 1 aromatic rings. The molecule has 0 aliphatic rings. The Balaban J connectivity index is 3.72. The summed E-state index contributed by atoms with van der Waals surface area (Å²) in [6.45, 7) is 0. The number of nitrogen functional groups attached to an aromatic ring is 1. The predicted molar refractivity (Wildman–Crippen MR) is 51.7 cm³/mol. The molecule has 1 rings (SSSR count). The van der Waals surface area contributed by atoms with Gasteiger partial charge in [0.15, 0.2) is 0 Å². The van der Waals surface area contributed by atoms with Gasteiger partial charge in [0.2, 0.25) is 5.78 Å². The van der Waals surface area contributed by atoms with Crippen molar-refractivity contribution in [2.75, 3.05) is 5.73 Å². The van der Waals surface area contributed by atoms with Crippen LogP contribution in [0.1, 0.15) is 10.4 Å². The molecular weight excluding hydrogens is 224 g/mol. The number of nitrogens with zero attached hydrogens (tertiary/aromatic N) is 2. The van der Waals surface area contributed by atoms with E-state index in [-0.39, 0.29) is 0 Å². The third kappa shape index (κ3) is 1.62. The van der Waals surface area contributed by atoms with Gasteiger partial charge in [0.05, 0.1) is 0 Å². The van der Waals surface area contributed by atoms with Crippen LogP contribution in [0.4, 0.5) is 14.6 Å². The highest BCUT2D eigenvalue weighted by atomic mass is 19.3. The molecule has 0 bridgehead atoms. The molecule has 0 fully saturated rings. The molecule has 88 valence electrons. The molecule has 8 heteroatoms. The Labute approximate surface area is 87.9 Å². The number of hydrogen-bond acceptors (Lipinski definition) is 4. The Kier molecular flexibility index (Phi) is 2.92. The second-order valence-electron chi connectivity index (χ2n) is 3.13. The smallest absolute Gasteiger partial charge is 0.332 e. The summed E-state index contributed by atoms with van der Waals surface area (Å²) in [4.78, 5) is 33.8. The standard InChI is InChI=1S/C8H9F2N3O3/c1-12-6(11)3(4(14)5(9)10)7(15)13(2)8(12)16/h5H,11H2,1-2H3. The average Bonchev–Trinajstić information content (AvgIpc) is 2.23. The van der Waals surface area contributed by atoms with Crippen molar-refractivity contribution in [3.8, 4) is 0 Å². The highest BCUT2D eigenvalue weighted by molar-refractivity contribution is 6.01. The number of nitrogens with two attached hydrogens (primary N) is 1. The monoisotopic (exact) mass is 233 g/mol. The number of carbonyl (C=O) groups excluding carboxylic acids is 1. The normalized spacial score (nSPS) is 10.8.